The zero-order valence-corrected chi connectivity index (χ0v) is 11.3. The van der Waals surface area contributed by atoms with Crippen LogP contribution in [0.2, 0.25) is 5.02 Å². The zero-order valence-electron chi connectivity index (χ0n) is 9.73. The molecule has 0 aromatic heterocycles. The molecule has 5 atom stereocenters. The summed E-state index contributed by atoms with van der Waals surface area (Å²) in [4.78, 5) is 0. The van der Waals surface area contributed by atoms with Gasteiger partial charge in [-0.1, -0.05) is 29.8 Å². The minimum Gasteiger partial charge on any atom is -0.387 e. The molecule has 5 unspecified atom stereocenters. The fourth-order valence-corrected chi connectivity index (χ4v) is 2.92. The Kier molecular flexibility index (Phi) is 4.53. The second-order valence-electron chi connectivity index (χ2n) is 4.15. The molecule has 0 aliphatic carbocycles. The Hall–Kier alpha value is -0.300. The van der Waals surface area contributed by atoms with E-state index in [0.717, 1.165) is 0 Å². The number of ether oxygens (including phenoxy) is 1. The SMILES string of the molecule is CSC1OC(c2ccccc2Cl)C(O)C(O)C1O. The molecule has 1 heterocycles. The molecule has 0 radical (unpaired) electrons. The molecule has 1 aliphatic heterocycles. The van der Waals surface area contributed by atoms with Crippen LogP contribution < -0.4 is 0 Å². The number of hydrogen-bond acceptors (Lipinski definition) is 5. The highest BCUT2D eigenvalue weighted by molar-refractivity contribution is 7.99. The molecular weight excluding hydrogens is 276 g/mol. The molecule has 2 rings (SSSR count). The van der Waals surface area contributed by atoms with E-state index in [1.807, 2.05) is 0 Å². The van der Waals surface area contributed by atoms with Gasteiger partial charge in [0.25, 0.3) is 0 Å². The number of thioether (sulfide) groups is 1. The summed E-state index contributed by atoms with van der Waals surface area (Å²) in [5, 5.41) is 30.0. The van der Waals surface area contributed by atoms with E-state index in [-0.39, 0.29) is 0 Å². The van der Waals surface area contributed by atoms with Crippen molar-refractivity contribution in [3.63, 3.8) is 0 Å². The van der Waals surface area contributed by atoms with Gasteiger partial charge in [0, 0.05) is 10.6 Å². The second-order valence-corrected chi connectivity index (χ2v) is 5.50. The van der Waals surface area contributed by atoms with Gasteiger partial charge in [-0.05, 0) is 12.3 Å². The Morgan fingerprint density at radius 3 is 2.39 bits per heavy atom. The molecule has 1 aromatic rings. The van der Waals surface area contributed by atoms with Gasteiger partial charge in [-0.3, -0.25) is 0 Å². The molecule has 18 heavy (non-hydrogen) atoms. The third kappa shape index (κ3) is 2.52. The van der Waals surface area contributed by atoms with Gasteiger partial charge >= 0.3 is 0 Å². The number of rotatable bonds is 2. The molecule has 6 heteroatoms. The van der Waals surface area contributed by atoms with Crippen LogP contribution in [0.3, 0.4) is 0 Å². The van der Waals surface area contributed by atoms with E-state index in [9.17, 15) is 15.3 Å². The lowest BCUT2D eigenvalue weighted by Gasteiger charge is -2.40. The van der Waals surface area contributed by atoms with Crippen molar-refractivity contribution in [3.8, 4) is 0 Å². The van der Waals surface area contributed by atoms with Crippen LogP contribution in [0.15, 0.2) is 24.3 Å². The predicted octanol–water partition coefficient (Wildman–Crippen LogP) is 1.18. The van der Waals surface area contributed by atoms with E-state index in [1.165, 1.54) is 11.8 Å². The first kappa shape index (κ1) is 14.1. The fourth-order valence-electron chi connectivity index (χ4n) is 2.01. The lowest BCUT2D eigenvalue weighted by Crippen LogP contribution is -2.52. The standard InChI is InChI=1S/C12H15ClO4S/c1-18-12-10(16)8(14)9(15)11(17-12)6-4-2-3-5-7(6)13/h2-5,8-12,14-16H,1H3. The quantitative estimate of drug-likeness (QED) is 0.763. The molecular formula is C12H15ClO4S. The highest BCUT2D eigenvalue weighted by Gasteiger charge is 2.44. The summed E-state index contributed by atoms with van der Waals surface area (Å²) in [6, 6.07) is 6.98. The van der Waals surface area contributed by atoms with Crippen LogP contribution in [0, 0.1) is 0 Å². The molecule has 0 spiro atoms. The molecule has 100 valence electrons. The Labute approximate surface area is 115 Å². The molecule has 0 saturated carbocycles. The third-order valence-electron chi connectivity index (χ3n) is 3.01. The second kappa shape index (κ2) is 5.77. The van der Waals surface area contributed by atoms with Gasteiger partial charge in [-0.25, -0.2) is 0 Å². The highest BCUT2D eigenvalue weighted by atomic mass is 35.5. The lowest BCUT2D eigenvalue weighted by atomic mass is 9.94. The van der Waals surface area contributed by atoms with E-state index in [4.69, 9.17) is 16.3 Å². The Bertz CT molecular complexity index is 415. The van der Waals surface area contributed by atoms with E-state index in [0.29, 0.717) is 10.6 Å². The van der Waals surface area contributed by atoms with Crippen molar-refractivity contribution in [2.24, 2.45) is 0 Å². The van der Waals surface area contributed by atoms with Gasteiger partial charge in [0.1, 0.15) is 29.9 Å². The maximum absolute atomic E-state index is 10.00. The van der Waals surface area contributed by atoms with Crippen LogP contribution in [0.4, 0.5) is 0 Å². The molecule has 3 N–H and O–H groups in total. The normalized spacial score (nSPS) is 36.6. The first-order valence-corrected chi connectivity index (χ1v) is 7.19. The van der Waals surface area contributed by atoms with Crippen molar-refractivity contribution in [1.29, 1.82) is 0 Å². The largest absolute Gasteiger partial charge is 0.387 e. The fraction of sp³-hybridized carbons (Fsp3) is 0.500. The summed E-state index contributed by atoms with van der Waals surface area (Å²) in [5.74, 6) is 0. The summed E-state index contributed by atoms with van der Waals surface area (Å²) in [7, 11) is 0. The summed E-state index contributed by atoms with van der Waals surface area (Å²) in [6.45, 7) is 0. The molecule has 4 nitrogen and oxygen atoms in total. The van der Waals surface area contributed by atoms with Crippen molar-refractivity contribution in [2.75, 3.05) is 6.26 Å². The van der Waals surface area contributed by atoms with Crippen LogP contribution in [0.1, 0.15) is 11.7 Å². The van der Waals surface area contributed by atoms with Crippen molar-refractivity contribution in [2.45, 2.75) is 29.9 Å². The van der Waals surface area contributed by atoms with Gasteiger partial charge in [0.2, 0.25) is 0 Å². The van der Waals surface area contributed by atoms with Crippen molar-refractivity contribution in [1.82, 2.24) is 0 Å². The minimum absolute atomic E-state index is 0.463. The minimum atomic E-state index is -1.25. The first-order chi connectivity index (χ1) is 8.56. The van der Waals surface area contributed by atoms with Crippen molar-refractivity contribution >= 4 is 23.4 Å². The predicted molar refractivity (Wildman–Crippen MR) is 70.6 cm³/mol. The molecule has 0 bridgehead atoms. The summed E-state index contributed by atoms with van der Waals surface area (Å²) in [6.07, 6.45) is -2.55. The number of benzene rings is 1. The van der Waals surface area contributed by atoms with Gasteiger partial charge in [0.15, 0.2) is 0 Å². The zero-order chi connectivity index (χ0) is 13.3. The third-order valence-corrected chi connectivity index (χ3v) is 4.21. The number of aliphatic hydroxyl groups excluding tert-OH is 3. The van der Waals surface area contributed by atoms with Crippen LogP contribution in [-0.4, -0.2) is 45.3 Å². The number of aliphatic hydroxyl groups is 3. The van der Waals surface area contributed by atoms with Gasteiger partial charge in [-0.15, -0.1) is 11.8 Å². The molecule has 1 aromatic carbocycles. The highest BCUT2D eigenvalue weighted by Crippen LogP contribution is 2.37. The summed E-state index contributed by atoms with van der Waals surface area (Å²) >= 11 is 7.33. The van der Waals surface area contributed by atoms with Crippen LogP contribution in [0.25, 0.3) is 0 Å². The van der Waals surface area contributed by atoms with Crippen LogP contribution in [0.5, 0.6) is 0 Å². The van der Waals surface area contributed by atoms with Crippen LogP contribution >= 0.6 is 23.4 Å². The average Bonchev–Trinajstić information content (AvgIpc) is 2.38. The molecule has 1 fully saturated rings. The topological polar surface area (TPSA) is 69.9 Å². The van der Waals surface area contributed by atoms with E-state index in [1.54, 1.807) is 30.5 Å². The van der Waals surface area contributed by atoms with E-state index >= 15 is 0 Å². The summed E-state index contributed by atoms with van der Waals surface area (Å²) < 4.78 is 5.62. The van der Waals surface area contributed by atoms with E-state index < -0.39 is 29.9 Å². The number of hydrogen-bond donors (Lipinski definition) is 3. The van der Waals surface area contributed by atoms with Gasteiger partial charge in [0.05, 0.1) is 0 Å². The average molecular weight is 291 g/mol. The lowest BCUT2D eigenvalue weighted by molar-refractivity contribution is -0.200. The van der Waals surface area contributed by atoms with Gasteiger partial charge < -0.3 is 20.1 Å². The Balaban J connectivity index is 2.30. The maximum atomic E-state index is 10.00. The Morgan fingerprint density at radius 1 is 1.11 bits per heavy atom. The van der Waals surface area contributed by atoms with Crippen LogP contribution in [-0.2, 0) is 4.74 Å². The smallest absolute Gasteiger partial charge is 0.132 e. The summed E-state index contributed by atoms with van der Waals surface area (Å²) in [5.41, 5.74) is 0.0151. The van der Waals surface area contributed by atoms with Crippen molar-refractivity contribution in [3.05, 3.63) is 34.9 Å². The molecule has 1 aliphatic rings. The molecule has 1 saturated heterocycles. The number of halogens is 1. The Morgan fingerprint density at radius 2 is 1.78 bits per heavy atom. The monoisotopic (exact) mass is 290 g/mol. The van der Waals surface area contributed by atoms with E-state index in [2.05, 4.69) is 0 Å². The van der Waals surface area contributed by atoms with Crippen molar-refractivity contribution < 1.29 is 20.1 Å². The maximum Gasteiger partial charge on any atom is 0.132 e. The van der Waals surface area contributed by atoms with Gasteiger partial charge in [-0.2, -0.15) is 0 Å². The first-order valence-electron chi connectivity index (χ1n) is 5.53. The molecule has 0 amide bonds.